The summed E-state index contributed by atoms with van der Waals surface area (Å²) in [4.78, 5) is 10.9. The van der Waals surface area contributed by atoms with E-state index in [1.807, 2.05) is 29.2 Å². The van der Waals surface area contributed by atoms with Crippen LogP contribution in [-0.2, 0) is 6.42 Å². The van der Waals surface area contributed by atoms with Crippen LogP contribution in [0.1, 0.15) is 18.3 Å². The molecule has 0 saturated heterocycles. The van der Waals surface area contributed by atoms with Crippen molar-refractivity contribution >= 4 is 5.82 Å². The Balaban J connectivity index is 2.15. The Kier molecular flexibility index (Phi) is 4.86. The number of hydrogen-bond acceptors (Lipinski definition) is 4. The summed E-state index contributed by atoms with van der Waals surface area (Å²) in [6.45, 7) is 3.60. The van der Waals surface area contributed by atoms with Gasteiger partial charge in [-0.05, 0) is 18.6 Å². The van der Waals surface area contributed by atoms with Gasteiger partial charge in [-0.2, -0.15) is 0 Å². The first kappa shape index (κ1) is 13.5. The molecule has 2 rings (SSSR count). The van der Waals surface area contributed by atoms with Gasteiger partial charge < -0.3 is 10.0 Å². The van der Waals surface area contributed by atoms with E-state index >= 15 is 0 Å². The minimum absolute atomic E-state index is 0.131. The highest BCUT2D eigenvalue weighted by atomic mass is 16.3. The van der Waals surface area contributed by atoms with Crippen LogP contribution in [0, 0.1) is 0 Å². The Bertz CT molecular complexity index is 502. The van der Waals surface area contributed by atoms with Gasteiger partial charge in [-0.25, -0.2) is 9.97 Å². The summed E-state index contributed by atoms with van der Waals surface area (Å²) in [6, 6.07) is 12.1. The Labute approximate surface area is 113 Å². The first-order valence-corrected chi connectivity index (χ1v) is 6.55. The van der Waals surface area contributed by atoms with Crippen molar-refractivity contribution in [3.8, 4) is 0 Å². The first-order valence-electron chi connectivity index (χ1n) is 6.55. The van der Waals surface area contributed by atoms with Crippen LogP contribution in [0.2, 0.25) is 0 Å². The molecule has 0 bridgehead atoms. The van der Waals surface area contributed by atoms with Crippen molar-refractivity contribution in [1.29, 1.82) is 0 Å². The van der Waals surface area contributed by atoms with Gasteiger partial charge in [-0.1, -0.05) is 30.3 Å². The van der Waals surface area contributed by atoms with E-state index in [2.05, 4.69) is 29.0 Å². The zero-order valence-electron chi connectivity index (χ0n) is 11.2. The van der Waals surface area contributed by atoms with Crippen molar-refractivity contribution in [2.45, 2.75) is 13.3 Å². The van der Waals surface area contributed by atoms with Gasteiger partial charge in [0.05, 0.1) is 6.61 Å². The van der Waals surface area contributed by atoms with Gasteiger partial charge in [-0.3, -0.25) is 0 Å². The van der Waals surface area contributed by atoms with Crippen LogP contribution in [0.15, 0.2) is 42.6 Å². The molecule has 1 aromatic carbocycles. The lowest BCUT2D eigenvalue weighted by molar-refractivity contribution is 0.302. The SMILES string of the molecule is CCN(CCO)c1ccnc(Cc2ccccc2)n1. The number of benzene rings is 1. The maximum absolute atomic E-state index is 9.05. The molecule has 100 valence electrons. The summed E-state index contributed by atoms with van der Waals surface area (Å²) in [5, 5.41) is 9.05. The molecule has 2 aromatic rings. The molecule has 0 aliphatic carbocycles. The second-order valence-corrected chi connectivity index (χ2v) is 4.30. The maximum Gasteiger partial charge on any atom is 0.135 e. The summed E-state index contributed by atoms with van der Waals surface area (Å²) < 4.78 is 0. The average Bonchev–Trinajstić information content (AvgIpc) is 2.46. The molecule has 0 saturated carbocycles. The minimum Gasteiger partial charge on any atom is -0.395 e. The van der Waals surface area contributed by atoms with E-state index in [0.29, 0.717) is 6.54 Å². The molecule has 1 aromatic heterocycles. The predicted molar refractivity (Wildman–Crippen MR) is 76.3 cm³/mol. The number of anilines is 1. The van der Waals surface area contributed by atoms with Gasteiger partial charge >= 0.3 is 0 Å². The van der Waals surface area contributed by atoms with Gasteiger partial charge in [-0.15, -0.1) is 0 Å². The molecule has 4 nitrogen and oxygen atoms in total. The molecule has 0 aliphatic rings. The van der Waals surface area contributed by atoms with Crippen LogP contribution in [-0.4, -0.2) is 34.8 Å². The van der Waals surface area contributed by atoms with Crippen molar-refractivity contribution in [2.75, 3.05) is 24.6 Å². The van der Waals surface area contributed by atoms with Crippen molar-refractivity contribution in [2.24, 2.45) is 0 Å². The smallest absolute Gasteiger partial charge is 0.135 e. The van der Waals surface area contributed by atoms with Crippen LogP contribution in [0.25, 0.3) is 0 Å². The van der Waals surface area contributed by atoms with E-state index in [1.165, 1.54) is 5.56 Å². The Morgan fingerprint density at radius 3 is 2.63 bits per heavy atom. The lowest BCUT2D eigenvalue weighted by Gasteiger charge is -2.20. The number of rotatable bonds is 6. The molecule has 0 unspecified atom stereocenters. The summed E-state index contributed by atoms with van der Waals surface area (Å²) in [6.07, 6.45) is 2.51. The van der Waals surface area contributed by atoms with Crippen LogP contribution in [0.4, 0.5) is 5.82 Å². The van der Waals surface area contributed by atoms with Gasteiger partial charge in [0, 0.05) is 25.7 Å². The molecule has 1 N–H and O–H groups in total. The fraction of sp³-hybridized carbons (Fsp3) is 0.333. The minimum atomic E-state index is 0.131. The van der Waals surface area contributed by atoms with Gasteiger partial charge in [0.15, 0.2) is 0 Å². The Morgan fingerprint density at radius 2 is 1.95 bits per heavy atom. The third kappa shape index (κ3) is 3.76. The van der Waals surface area contributed by atoms with E-state index in [4.69, 9.17) is 5.11 Å². The van der Waals surface area contributed by atoms with Crippen molar-refractivity contribution in [3.05, 3.63) is 54.0 Å². The van der Waals surface area contributed by atoms with Crippen LogP contribution in [0.3, 0.4) is 0 Å². The highest BCUT2D eigenvalue weighted by molar-refractivity contribution is 5.37. The van der Waals surface area contributed by atoms with E-state index in [1.54, 1.807) is 6.20 Å². The molecule has 0 aliphatic heterocycles. The molecular formula is C15H19N3O. The summed E-state index contributed by atoms with van der Waals surface area (Å²) in [7, 11) is 0. The fourth-order valence-corrected chi connectivity index (χ4v) is 1.98. The highest BCUT2D eigenvalue weighted by Crippen LogP contribution is 2.11. The fourth-order valence-electron chi connectivity index (χ4n) is 1.98. The quantitative estimate of drug-likeness (QED) is 0.858. The topological polar surface area (TPSA) is 49.2 Å². The second-order valence-electron chi connectivity index (χ2n) is 4.30. The molecule has 0 atom stereocenters. The standard InChI is InChI=1S/C15H19N3O/c1-2-18(10-11-19)15-8-9-16-14(17-15)12-13-6-4-3-5-7-13/h3-9,19H,2,10-12H2,1H3. The number of aromatic nitrogens is 2. The number of aliphatic hydroxyl groups excluding tert-OH is 1. The van der Waals surface area contributed by atoms with Crippen molar-refractivity contribution in [3.63, 3.8) is 0 Å². The van der Waals surface area contributed by atoms with Crippen LogP contribution < -0.4 is 4.90 Å². The maximum atomic E-state index is 9.05. The summed E-state index contributed by atoms with van der Waals surface area (Å²) in [5.74, 6) is 1.68. The Hall–Kier alpha value is -1.94. The predicted octanol–water partition coefficient (Wildman–Crippen LogP) is 1.89. The molecule has 1 heterocycles. The third-order valence-corrected chi connectivity index (χ3v) is 2.97. The van der Waals surface area contributed by atoms with E-state index in [0.717, 1.165) is 24.6 Å². The largest absolute Gasteiger partial charge is 0.395 e. The van der Waals surface area contributed by atoms with E-state index < -0.39 is 0 Å². The van der Waals surface area contributed by atoms with Crippen LogP contribution >= 0.6 is 0 Å². The summed E-state index contributed by atoms with van der Waals surface area (Å²) >= 11 is 0. The molecule has 19 heavy (non-hydrogen) atoms. The normalized spacial score (nSPS) is 10.4. The number of hydrogen-bond donors (Lipinski definition) is 1. The molecule has 0 spiro atoms. The van der Waals surface area contributed by atoms with Crippen LogP contribution in [0.5, 0.6) is 0 Å². The molecule has 0 amide bonds. The lowest BCUT2D eigenvalue weighted by Crippen LogP contribution is -2.27. The van der Waals surface area contributed by atoms with E-state index in [-0.39, 0.29) is 6.61 Å². The molecule has 4 heteroatoms. The van der Waals surface area contributed by atoms with Gasteiger partial charge in [0.25, 0.3) is 0 Å². The molecule has 0 fully saturated rings. The summed E-state index contributed by atoms with van der Waals surface area (Å²) in [5.41, 5.74) is 1.20. The Morgan fingerprint density at radius 1 is 1.16 bits per heavy atom. The lowest BCUT2D eigenvalue weighted by atomic mass is 10.1. The van der Waals surface area contributed by atoms with Gasteiger partial charge in [0.1, 0.15) is 11.6 Å². The molecular weight excluding hydrogens is 238 g/mol. The first-order chi connectivity index (χ1) is 9.33. The van der Waals surface area contributed by atoms with Crippen molar-refractivity contribution in [1.82, 2.24) is 9.97 Å². The number of nitrogens with zero attached hydrogens (tertiary/aromatic N) is 3. The van der Waals surface area contributed by atoms with E-state index in [9.17, 15) is 0 Å². The van der Waals surface area contributed by atoms with Crippen molar-refractivity contribution < 1.29 is 5.11 Å². The number of aliphatic hydroxyl groups is 1. The third-order valence-electron chi connectivity index (χ3n) is 2.97. The monoisotopic (exact) mass is 257 g/mol. The second kappa shape index (κ2) is 6.85. The average molecular weight is 257 g/mol. The van der Waals surface area contributed by atoms with Gasteiger partial charge in [0.2, 0.25) is 0 Å². The number of likely N-dealkylation sites (N-methyl/N-ethyl adjacent to an activating group) is 1. The highest BCUT2D eigenvalue weighted by Gasteiger charge is 2.07. The zero-order chi connectivity index (χ0) is 13.5. The zero-order valence-corrected chi connectivity index (χ0v) is 11.2. The molecule has 0 radical (unpaired) electrons.